The lowest BCUT2D eigenvalue weighted by atomic mass is 10.2. The monoisotopic (exact) mass is 271 g/mol. The van der Waals surface area contributed by atoms with Gasteiger partial charge in [-0.05, 0) is 31.9 Å². The molecule has 0 bridgehead atoms. The van der Waals surface area contributed by atoms with Gasteiger partial charge in [-0.3, -0.25) is 0 Å². The average molecular weight is 271 g/mol. The average Bonchev–Trinajstić information content (AvgIpc) is 3.22. The smallest absolute Gasteiger partial charge is 0.141 e. The molecule has 0 unspecified atom stereocenters. The SMILES string of the molecule is Cc1ccc(SCc2nc(N)cc(C3CC3)n2)cc1. The summed E-state index contributed by atoms with van der Waals surface area (Å²) in [5.41, 5.74) is 8.25. The highest BCUT2D eigenvalue weighted by Gasteiger charge is 2.25. The van der Waals surface area contributed by atoms with E-state index in [4.69, 9.17) is 5.73 Å². The van der Waals surface area contributed by atoms with Gasteiger partial charge in [0.2, 0.25) is 0 Å². The molecule has 2 N–H and O–H groups in total. The summed E-state index contributed by atoms with van der Waals surface area (Å²) in [5.74, 6) is 2.82. The molecule has 0 atom stereocenters. The summed E-state index contributed by atoms with van der Waals surface area (Å²) in [6.07, 6.45) is 2.47. The Balaban J connectivity index is 1.70. The zero-order valence-electron chi connectivity index (χ0n) is 11.0. The van der Waals surface area contributed by atoms with Crippen LogP contribution < -0.4 is 5.73 Å². The van der Waals surface area contributed by atoms with Crippen LogP contribution in [-0.4, -0.2) is 9.97 Å². The van der Waals surface area contributed by atoms with Gasteiger partial charge in [0, 0.05) is 22.6 Å². The fourth-order valence-corrected chi connectivity index (χ4v) is 2.73. The molecule has 0 aliphatic heterocycles. The van der Waals surface area contributed by atoms with Crippen LogP contribution in [0.5, 0.6) is 0 Å². The van der Waals surface area contributed by atoms with Crippen LogP contribution in [0.25, 0.3) is 0 Å². The summed E-state index contributed by atoms with van der Waals surface area (Å²) in [5, 5.41) is 0. The molecule has 0 radical (unpaired) electrons. The normalized spacial score (nSPS) is 14.6. The van der Waals surface area contributed by atoms with Crippen molar-refractivity contribution < 1.29 is 0 Å². The number of hydrogen-bond donors (Lipinski definition) is 1. The van der Waals surface area contributed by atoms with Gasteiger partial charge in [0.05, 0.1) is 5.75 Å². The van der Waals surface area contributed by atoms with E-state index in [0.717, 1.165) is 17.3 Å². The van der Waals surface area contributed by atoms with E-state index >= 15 is 0 Å². The maximum Gasteiger partial charge on any atom is 0.141 e. The van der Waals surface area contributed by atoms with Crippen molar-refractivity contribution in [3.05, 3.63) is 47.4 Å². The lowest BCUT2D eigenvalue weighted by molar-refractivity contribution is 0.937. The summed E-state index contributed by atoms with van der Waals surface area (Å²) >= 11 is 1.75. The van der Waals surface area contributed by atoms with Gasteiger partial charge in [0.1, 0.15) is 11.6 Å². The Morgan fingerprint density at radius 1 is 1.21 bits per heavy atom. The number of thioether (sulfide) groups is 1. The first-order valence-electron chi connectivity index (χ1n) is 6.53. The summed E-state index contributed by atoms with van der Waals surface area (Å²) in [4.78, 5) is 10.2. The number of aromatic nitrogens is 2. The molecule has 3 nitrogen and oxygen atoms in total. The van der Waals surface area contributed by atoms with Crippen molar-refractivity contribution >= 4 is 17.6 Å². The van der Waals surface area contributed by atoms with E-state index in [1.54, 1.807) is 11.8 Å². The third-order valence-corrected chi connectivity index (χ3v) is 4.20. The highest BCUT2D eigenvalue weighted by molar-refractivity contribution is 7.98. The first-order valence-corrected chi connectivity index (χ1v) is 7.52. The number of nitrogens with two attached hydrogens (primary N) is 1. The van der Waals surface area contributed by atoms with Gasteiger partial charge in [-0.15, -0.1) is 11.8 Å². The highest BCUT2D eigenvalue weighted by atomic mass is 32.2. The predicted octanol–water partition coefficient (Wildman–Crippen LogP) is 3.54. The van der Waals surface area contributed by atoms with Gasteiger partial charge in [0.15, 0.2) is 0 Å². The first-order chi connectivity index (χ1) is 9.20. The fraction of sp³-hybridized carbons (Fsp3) is 0.333. The Hall–Kier alpha value is -1.55. The van der Waals surface area contributed by atoms with E-state index in [1.165, 1.54) is 23.3 Å². The molecule has 1 aromatic carbocycles. The van der Waals surface area contributed by atoms with Crippen LogP contribution in [-0.2, 0) is 5.75 Å². The Kier molecular flexibility index (Phi) is 3.42. The Morgan fingerprint density at radius 3 is 2.63 bits per heavy atom. The second-order valence-electron chi connectivity index (χ2n) is 5.01. The van der Waals surface area contributed by atoms with E-state index in [2.05, 4.69) is 41.2 Å². The van der Waals surface area contributed by atoms with Crippen molar-refractivity contribution in [1.29, 1.82) is 0 Å². The number of aryl methyl sites for hydroxylation is 1. The molecule has 2 aromatic rings. The molecular formula is C15H17N3S. The number of anilines is 1. The standard InChI is InChI=1S/C15H17N3S/c1-10-2-6-12(7-3-10)19-9-15-17-13(11-4-5-11)8-14(16)18-15/h2-3,6-8,11H,4-5,9H2,1H3,(H2,16,17,18). The number of nitrogens with zero attached hydrogens (tertiary/aromatic N) is 2. The number of hydrogen-bond acceptors (Lipinski definition) is 4. The van der Waals surface area contributed by atoms with Gasteiger partial charge in [-0.1, -0.05) is 17.7 Å². The van der Waals surface area contributed by atoms with Crippen molar-refractivity contribution in [1.82, 2.24) is 9.97 Å². The lowest BCUT2D eigenvalue weighted by Gasteiger charge is -2.05. The second-order valence-corrected chi connectivity index (χ2v) is 6.06. The molecule has 1 fully saturated rings. The molecule has 98 valence electrons. The van der Waals surface area contributed by atoms with E-state index in [9.17, 15) is 0 Å². The van der Waals surface area contributed by atoms with Gasteiger partial charge >= 0.3 is 0 Å². The molecule has 0 saturated heterocycles. The lowest BCUT2D eigenvalue weighted by Crippen LogP contribution is -2.01. The topological polar surface area (TPSA) is 51.8 Å². The van der Waals surface area contributed by atoms with E-state index in [0.29, 0.717) is 11.7 Å². The third-order valence-electron chi connectivity index (χ3n) is 3.20. The number of rotatable bonds is 4. The minimum Gasteiger partial charge on any atom is -0.384 e. The maximum atomic E-state index is 5.85. The molecule has 1 heterocycles. The molecule has 1 aromatic heterocycles. The Bertz CT molecular complexity index is 576. The van der Waals surface area contributed by atoms with Gasteiger partial charge in [-0.25, -0.2) is 9.97 Å². The van der Waals surface area contributed by atoms with Crippen LogP contribution in [0, 0.1) is 6.92 Å². The fourth-order valence-electron chi connectivity index (χ4n) is 1.97. The molecule has 1 aliphatic carbocycles. The van der Waals surface area contributed by atoms with Gasteiger partial charge < -0.3 is 5.73 Å². The zero-order chi connectivity index (χ0) is 13.2. The number of benzene rings is 1. The van der Waals surface area contributed by atoms with E-state index in [1.807, 2.05) is 6.07 Å². The number of nitrogen functional groups attached to an aromatic ring is 1. The van der Waals surface area contributed by atoms with E-state index < -0.39 is 0 Å². The van der Waals surface area contributed by atoms with Crippen molar-refractivity contribution in [2.45, 2.75) is 36.3 Å². The summed E-state index contributed by atoms with van der Waals surface area (Å²) < 4.78 is 0. The van der Waals surface area contributed by atoms with Gasteiger partial charge in [0.25, 0.3) is 0 Å². The second kappa shape index (κ2) is 5.21. The largest absolute Gasteiger partial charge is 0.384 e. The molecule has 4 heteroatoms. The van der Waals surface area contributed by atoms with E-state index in [-0.39, 0.29) is 0 Å². The highest BCUT2D eigenvalue weighted by Crippen LogP contribution is 2.39. The minimum atomic E-state index is 0.594. The molecule has 1 aliphatic rings. The third kappa shape index (κ3) is 3.26. The Morgan fingerprint density at radius 2 is 1.95 bits per heavy atom. The summed E-state index contributed by atoms with van der Waals surface area (Å²) in [6.45, 7) is 2.09. The first kappa shape index (κ1) is 12.5. The van der Waals surface area contributed by atoms with Crippen molar-refractivity contribution in [2.24, 2.45) is 0 Å². The molecule has 19 heavy (non-hydrogen) atoms. The van der Waals surface area contributed by atoms with Crippen molar-refractivity contribution in [3.63, 3.8) is 0 Å². The van der Waals surface area contributed by atoms with Crippen LogP contribution in [0.4, 0.5) is 5.82 Å². The zero-order valence-corrected chi connectivity index (χ0v) is 11.8. The maximum absolute atomic E-state index is 5.85. The van der Waals surface area contributed by atoms with Crippen LogP contribution in [0.15, 0.2) is 35.2 Å². The summed E-state index contributed by atoms with van der Waals surface area (Å²) in [6, 6.07) is 10.4. The van der Waals surface area contributed by atoms with Crippen molar-refractivity contribution in [2.75, 3.05) is 5.73 Å². The summed E-state index contributed by atoms with van der Waals surface area (Å²) in [7, 11) is 0. The quantitative estimate of drug-likeness (QED) is 0.864. The van der Waals surface area contributed by atoms with Crippen LogP contribution >= 0.6 is 11.8 Å². The molecule has 0 amide bonds. The molecular weight excluding hydrogens is 254 g/mol. The van der Waals surface area contributed by atoms with Crippen LogP contribution in [0.3, 0.4) is 0 Å². The molecule has 0 spiro atoms. The molecule has 3 rings (SSSR count). The van der Waals surface area contributed by atoms with Crippen LogP contribution in [0.2, 0.25) is 0 Å². The van der Waals surface area contributed by atoms with Crippen molar-refractivity contribution in [3.8, 4) is 0 Å². The predicted molar refractivity (Wildman–Crippen MR) is 79.2 cm³/mol. The molecule has 1 saturated carbocycles. The Labute approximate surface area is 117 Å². The van der Waals surface area contributed by atoms with Crippen LogP contribution in [0.1, 0.15) is 35.8 Å². The minimum absolute atomic E-state index is 0.594. The van der Waals surface area contributed by atoms with Gasteiger partial charge in [-0.2, -0.15) is 0 Å².